The maximum atomic E-state index is 10.3. The van der Waals surface area contributed by atoms with Crippen molar-refractivity contribution in [2.24, 2.45) is 0 Å². The standard InChI is InChI=1S/C14H10Br3Cl2NO/c15-7-3-10(16)14(11(17)4-7)20-6-13(21)9-5-8(18)1-2-12(9)19/h1-5,13,20-21H,6H2. The van der Waals surface area contributed by atoms with Crippen molar-refractivity contribution < 1.29 is 5.11 Å². The summed E-state index contributed by atoms with van der Waals surface area (Å²) < 4.78 is 2.71. The molecule has 112 valence electrons. The molecule has 1 unspecified atom stereocenters. The number of hydrogen-bond donors (Lipinski definition) is 2. The molecule has 0 amide bonds. The molecule has 2 N–H and O–H groups in total. The summed E-state index contributed by atoms with van der Waals surface area (Å²) in [7, 11) is 0. The van der Waals surface area contributed by atoms with Gasteiger partial charge in [-0.2, -0.15) is 0 Å². The van der Waals surface area contributed by atoms with Crippen LogP contribution in [0.25, 0.3) is 0 Å². The highest BCUT2D eigenvalue weighted by atomic mass is 79.9. The number of benzene rings is 2. The van der Waals surface area contributed by atoms with Gasteiger partial charge in [0.05, 0.1) is 11.8 Å². The van der Waals surface area contributed by atoms with Crippen LogP contribution in [0, 0.1) is 0 Å². The molecule has 0 saturated heterocycles. The number of hydrogen-bond acceptors (Lipinski definition) is 2. The molecule has 0 aliphatic carbocycles. The fourth-order valence-corrected chi connectivity index (χ4v) is 4.75. The van der Waals surface area contributed by atoms with Crippen molar-refractivity contribution in [3.8, 4) is 0 Å². The molecule has 0 radical (unpaired) electrons. The second-order valence-corrected chi connectivity index (χ2v) is 7.77. The Labute approximate surface area is 158 Å². The molecule has 7 heteroatoms. The lowest BCUT2D eigenvalue weighted by Crippen LogP contribution is -2.13. The molecular formula is C14H10Br3Cl2NO. The lowest BCUT2D eigenvalue weighted by Gasteiger charge is -2.17. The summed E-state index contributed by atoms with van der Waals surface area (Å²) in [6.07, 6.45) is -0.765. The summed E-state index contributed by atoms with van der Waals surface area (Å²) in [5.74, 6) is 0. The van der Waals surface area contributed by atoms with Crippen LogP contribution in [-0.4, -0.2) is 11.7 Å². The zero-order valence-corrected chi connectivity index (χ0v) is 16.8. The quantitative estimate of drug-likeness (QED) is 0.489. The van der Waals surface area contributed by atoms with Gasteiger partial charge in [-0.3, -0.25) is 0 Å². The Bertz CT molecular complexity index is 644. The summed E-state index contributed by atoms with van der Waals surface area (Å²) >= 11 is 22.4. The lowest BCUT2D eigenvalue weighted by atomic mass is 10.1. The number of anilines is 1. The fraction of sp³-hybridized carbons (Fsp3) is 0.143. The first-order chi connectivity index (χ1) is 9.88. The third-order valence-electron chi connectivity index (χ3n) is 2.80. The third-order valence-corrected chi connectivity index (χ3v) is 5.08. The average Bonchev–Trinajstić information content (AvgIpc) is 2.40. The van der Waals surface area contributed by atoms with Gasteiger partial charge in [-0.25, -0.2) is 0 Å². The van der Waals surface area contributed by atoms with E-state index >= 15 is 0 Å². The predicted molar refractivity (Wildman–Crippen MR) is 99.5 cm³/mol. The van der Waals surface area contributed by atoms with E-state index in [9.17, 15) is 5.11 Å². The second kappa shape index (κ2) is 7.66. The molecule has 0 spiro atoms. The Morgan fingerprint density at radius 3 is 2.29 bits per heavy atom. The fourth-order valence-electron chi connectivity index (χ4n) is 1.79. The van der Waals surface area contributed by atoms with Gasteiger partial charge in [0.1, 0.15) is 0 Å². The SMILES string of the molecule is OC(CNc1c(Br)cc(Br)cc1Br)c1cc(Cl)ccc1Cl. The monoisotopic (exact) mass is 515 g/mol. The Hall–Kier alpha value is 0.220. The molecule has 0 saturated carbocycles. The van der Waals surface area contributed by atoms with E-state index < -0.39 is 6.10 Å². The van der Waals surface area contributed by atoms with E-state index in [1.165, 1.54) is 0 Å². The van der Waals surface area contributed by atoms with Crippen LogP contribution < -0.4 is 5.32 Å². The van der Waals surface area contributed by atoms with Crippen molar-refractivity contribution >= 4 is 76.7 Å². The maximum Gasteiger partial charge on any atom is 0.0977 e. The molecule has 1 atom stereocenters. The molecule has 0 aromatic heterocycles. The van der Waals surface area contributed by atoms with E-state index in [0.717, 1.165) is 19.1 Å². The van der Waals surface area contributed by atoms with Gasteiger partial charge < -0.3 is 10.4 Å². The first-order valence-electron chi connectivity index (χ1n) is 5.90. The van der Waals surface area contributed by atoms with Crippen LogP contribution in [0.2, 0.25) is 10.0 Å². The zero-order valence-electron chi connectivity index (χ0n) is 10.5. The predicted octanol–water partition coefficient (Wildman–Crippen LogP) is 6.43. The molecule has 2 nitrogen and oxygen atoms in total. The molecule has 21 heavy (non-hydrogen) atoms. The molecule has 2 aromatic rings. The van der Waals surface area contributed by atoms with Gasteiger partial charge in [0, 0.05) is 35.6 Å². The number of aliphatic hydroxyl groups is 1. The largest absolute Gasteiger partial charge is 0.387 e. The van der Waals surface area contributed by atoms with Crippen molar-refractivity contribution in [2.45, 2.75) is 6.10 Å². The second-order valence-electron chi connectivity index (χ2n) is 4.31. The van der Waals surface area contributed by atoms with Crippen molar-refractivity contribution in [1.29, 1.82) is 0 Å². The van der Waals surface area contributed by atoms with Crippen molar-refractivity contribution in [1.82, 2.24) is 0 Å². The van der Waals surface area contributed by atoms with Gasteiger partial charge in [0.15, 0.2) is 0 Å². The van der Waals surface area contributed by atoms with E-state index in [1.54, 1.807) is 18.2 Å². The first-order valence-corrected chi connectivity index (χ1v) is 9.03. The zero-order chi connectivity index (χ0) is 15.6. The minimum atomic E-state index is -0.765. The molecule has 0 fully saturated rings. The van der Waals surface area contributed by atoms with Crippen LogP contribution in [0.4, 0.5) is 5.69 Å². The summed E-state index contributed by atoms with van der Waals surface area (Å²) in [6.45, 7) is 0.304. The van der Waals surface area contributed by atoms with Crippen LogP contribution in [0.1, 0.15) is 11.7 Å². The Morgan fingerprint density at radius 1 is 1.05 bits per heavy atom. The van der Waals surface area contributed by atoms with Gasteiger partial charge in [-0.15, -0.1) is 0 Å². The van der Waals surface area contributed by atoms with Gasteiger partial charge in [0.2, 0.25) is 0 Å². The summed E-state index contributed by atoms with van der Waals surface area (Å²) in [4.78, 5) is 0. The van der Waals surface area contributed by atoms with Gasteiger partial charge in [0.25, 0.3) is 0 Å². The van der Waals surface area contributed by atoms with Gasteiger partial charge >= 0.3 is 0 Å². The maximum absolute atomic E-state index is 10.3. The van der Waals surface area contributed by atoms with Crippen LogP contribution in [0.15, 0.2) is 43.7 Å². The summed E-state index contributed by atoms with van der Waals surface area (Å²) in [6, 6.07) is 8.88. The molecule has 0 bridgehead atoms. The molecule has 0 heterocycles. The van der Waals surface area contributed by atoms with Crippen LogP contribution in [0.3, 0.4) is 0 Å². The van der Waals surface area contributed by atoms with E-state index in [1.807, 2.05) is 12.1 Å². The normalized spacial score (nSPS) is 12.3. The molecule has 2 aromatic carbocycles. The van der Waals surface area contributed by atoms with Crippen molar-refractivity contribution in [2.75, 3.05) is 11.9 Å². The summed E-state index contributed by atoms with van der Waals surface area (Å²) in [5, 5.41) is 14.5. The van der Waals surface area contributed by atoms with E-state index in [-0.39, 0.29) is 0 Å². The highest BCUT2D eigenvalue weighted by Crippen LogP contribution is 2.35. The van der Waals surface area contributed by atoms with E-state index in [0.29, 0.717) is 22.2 Å². The minimum Gasteiger partial charge on any atom is -0.387 e. The van der Waals surface area contributed by atoms with Crippen molar-refractivity contribution in [3.63, 3.8) is 0 Å². The number of rotatable bonds is 4. The van der Waals surface area contributed by atoms with Gasteiger partial charge in [-0.05, 0) is 62.2 Å². The molecule has 0 aliphatic rings. The number of halogens is 5. The molecule has 0 aliphatic heterocycles. The smallest absolute Gasteiger partial charge is 0.0977 e. The topological polar surface area (TPSA) is 32.3 Å². The van der Waals surface area contributed by atoms with Crippen molar-refractivity contribution in [3.05, 3.63) is 59.4 Å². The van der Waals surface area contributed by atoms with Crippen LogP contribution in [-0.2, 0) is 0 Å². The van der Waals surface area contributed by atoms with E-state index in [2.05, 4.69) is 53.1 Å². The highest BCUT2D eigenvalue weighted by Gasteiger charge is 2.14. The summed E-state index contributed by atoms with van der Waals surface area (Å²) in [5.41, 5.74) is 1.46. The highest BCUT2D eigenvalue weighted by molar-refractivity contribution is 9.11. The Morgan fingerprint density at radius 2 is 1.67 bits per heavy atom. The van der Waals surface area contributed by atoms with Crippen LogP contribution in [0.5, 0.6) is 0 Å². The molecule has 2 rings (SSSR count). The average molecular weight is 519 g/mol. The lowest BCUT2D eigenvalue weighted by molar-refractivity contribution is 0.191. The Balaban J connectivity index is 2.15. The van der Waals surface area contributed by atoms with E-state index in [4.69, 9.17) is 23.2 Å². The number of nitrogens with one attached hydrogen (secondary N) is 1. The Kier molecular flexibility index (Phi) is 6.41. The minimum absolute atomic E-state index is 0.304. The molecular weight excluding hydrogens is 509 g/mol. The van der Waals surface area contributed by atoms with Crippen LogP contribution >= 0.6 is 71.0 Å². The first kappa shape index (κ1) is 17.6. The third kappa shape index (κ3) is 4.60. The van der Waals surface area contributed by atoms with Gasteiger partial charge in [-0.1, -0.05) is 39.1 Å². The number of aliphatic hydroxyl groups excluding tert-OH is 1.